The molecule has 3 amide bonds. The Hall–Kier alpha value is -2.54. The SMILES string of the molecule is CC(=O)C(C)C(C(=O)NCCc1cnc[nH]1)C(C)(C)C.CC(C(=O)O)C(C(=O)NCCNC(=O)CCCCC1CCSS1)C(C)(C)C. The fourth-order valence-corrected chi connectivity index (χ4v) is 8.81. The molecule has 47 heavy (non-hydrogen) atoms. The highest BCUT2D eigenvalue weighted by Crippen LogP contribution is 2.40. The molecule has 1 aliphatic rings. The number of aliphatic carboxylic acids is 1. The molecule has 1 fully saturated rings. The zero-order chi connectivity index (χ0) is 35.8. The van der Waals surface area contributed by atoms with Crippen molar-refractivity contribution < 1.29 is 29.1 Å². The zero-order valence-corrected chi connectivity index (χ0v) is 31.5. The molecule has 2 heterocycles. The van der Waals surface area contributed by atoms with Gasteiger partial charge in [0.1, 0.15) is 5.78 Å². The van der Waals surface area contributed by atoms with Crippen LogP contribution in [-0.4, -0.2) is 75.2 Å². The van der Waals surface area contributed by atoms with Crippen molar-refractivity contribution in [1.82, 2.24) is 25.9 Å². The van der Waals surface area contributed by atoms with Crippen LogP contribution in [0, 0.1) is 34.5 Å². The topological polar surface area (TPSA) is 170 Å². The molecule has 1 saturated heterocycles. The van der Waals surface area contributed by atoms with Crippen LogP contribution in [0.15, 0.2) is 12.5 Å². The first-order valence-corrected chi connectivity index (χ1v) is 19.0. The van der Waals surface area contributed by atoms with E-state index in [1.165, 1.54) is 18.6 Å². The second kappa shape index (κ2) is 20.7. The first kappa shape index (κ1) is 42.5. The van der Waals surface area contributed by atoms with Gasteiger partial charge in [0, 0.05) is 61.3 Å². The van der Waals surface area contributed by atoms with Gasteiger partial charge < -0.3 is 26.0 Å². The minimum atomic E-state index is -0.979. The number of rotatable bonds is 17. The predicted molar refractivity (Wildman–Crippen MR) is 191 cm³/mol. The summed E-state index contributed by atoms with van der Waals surface area (Å²) in [6.45, 7) is 17.7. The maximum Gasteiger partial charge on any atom is 0.307 e. The van der Waals surface area contributed by atoms with Gasteiger partial charge in [0.15, 0.2) is 0 Å². The summed E-state index contributed by atoms with van der Waals surface area (Å²) in [5.41, 5.74) is 0.280. The second-order valence-electron chi connectivity index (χ2n) is 14.5. The molecular weight excluding hydrogens is 639 g/mol. The first-order chi connectivity index (χ1) is 21.9. The summed E-state index contributed by atoms with van der Waals surface area (Å²) in [5.74, 6) is -2.01. The van der Waals surface area contributed by atoms with E-state index in [-0.39, 0.29) is 40.8 Å². The number of Topliss-reactive ketones (excluding diaryl/α,β-unsaturated/α-hetero) is 1. The molecule has 5 N–H and O–H groups in total. The van der Waals surface area contributed by atoms with Crippen molar-refractivity contribution in [3.8, 4) is 0 Å². The lowest BCUT2D eigenvalue weighted by atomic mass is 9.72. The second-order valence-corrected chi connectivity index (χ2v) is 17.3. The van der Waals surface area contributed by atoms with E-state index in [0.717, 1.165) is 23.8 Å². The van der Waals surface area contributed by atoms with Gasteiger partial charge in [-0.3, -0.25) is 24.0 Å². The van der Waals surface area contributed by atoms with Gasteiger partial charge in [-0.15, -0.1) is 0 Å². The first-order valence-electron chi connectivity index (χ1n) is 16.7. The number of aromatic amines is 1. The number of amides is 3. The fraction of sp³-hybridized carbons (Fsp3) is 0.765. The number of H-pyrrole nitrogens is 1. The molecule has 0 radical (unpaired) electrons. The van der Waals surface area contributed by atoms with Gasteiger partial charge in [0.25, 0.3) is 0 Å². The minimum Gasteiger partial charge on any atom is -0.481 e. The molecular formula is C34H59N5O6S2. The van der Waals surface area contributed by atoms with E-state index < -0.39 is 23.2 Å². The van der Waals surface area contributed by atoms with E-state index in [4.69, 9.17) is 0 Å². The largest absolute Gasteiger partial charge is 0.481 e. The summed E-state index contributed by atoms with van der Waals surface area (Å²) in [4.78, 5) is 66.5. The van der Waals surface area contributed by atoms with Crippen LogP contribution in [0.2, 0.25) is 0 Å². The normalized spacial score (nSPS) is 17.3. The molecule has 0 spiro atoms. The van der Waals surface area contributed by atoms with Gasteiger partial charge in [0.2, 0.25) is 17.7 Å². The summed E-state index contributed by atoms with van der Waals surface area (Å²) in [6, 6.07) is 0. The van der Waals surface area contributed by atoms with Gasteiger partial charge in [-0.05, 0) is 37.0 Å². The molecule has 5 unspecified atom stereocenters. The molecule has 1 aliphatic heterocycles. The van der Waals surface area contributed by atoms with Crippen molar-refractivity contribution in [3.63, 3.8) is 0 Å². The van der Waals surface area contributed by atoms with Crippen molar-refractivity contribution in [2.24, 2.45) is 34.5 Å². The van der Waals surface area contributed by atoms with Gasteiger partial charge in [-0.1, -0.05) is 83.4 Å². The summed E-state index contributed by atoms with van der Waals surface area (Å²) in [6.07, 6.45) is 8.99. The number of aromatic nitrogens is 2. The summed E-state index contributed by atoms with van der Waals surface area (Å²) in [5, 5.41) is 18.5. The quantitative estimate of drug-likeness (QED) is 0.107. The highest BCUT2D eigenvalue weighted by molar-refractivity contribution is 8.77. The van der Waals surface area contributed by atoms with Gasteiger partial charge in [0.05, 0.1) is 24.1 Å². The van der Waals surface area contributed by atoms with E-state index in [1.54, 1.807) is 26.4 Å². The number of hydrogen-bond acceptors (Lipinski definition) is 8. The Bertz CT molecular complexity index is 1130. The average Bonchev–Trinajstić information content (AvgIpc) is 3.67. The van der Waals surface area contributed by atoms with E-state index >= 15 is 0 Å². The molecule has 2 rings (SSSR count). The third-order valence-corrected chi connectivity index (χ3v) is 11.4. The Morgan fingerprint density at radius 3 is 1.98 bits per heavy atom. The van der Waals surface area contributed by atoms with Crippen molar-refractivity contribution in [2.45, 2.75) is 106 Å². The van der Waals surface area contributed by atoms with Crippen LogP contribution >= 0.6 is 21.6 Å². The van der Waals surface area contributed by atoms with Crippen LogP contribution < -0.4 is 16.0 Å². The minimum absolute atomic E-state index is 0.00368. The Labute approximate surface area is 289 Å². The van der Waals surface area contributed by atoms with Crippen molar-refractivity contribution >= 4 is 51.1 Å². The molecule has 0 aromatic carbocycles. The Morgan fingerprint density at radius 2 is 1.49 bits per heavy atom. The Balaban J connectivity index is 0.000000491. The average molecular weight is 698 g/mol. The number of carboxylic acid groups (broad SMARTS) is 1. The standard InChI is InChI=1S/C19H34N2O4S2.C15H25N3O2/c1-13(18(24)25)16(19(2,3)4)17(23)21-11-10-20-15(22)8-6-5-7-14-9-12-26-27-14;1-10(11(2)19)13(15(3,4)5)14(20)17-7-6-12-8-16-9-18-12/h13-14,16H,5-12H2,1-4H3,(H,20,22)(H,21,23)(H,24,25);8-10,13H,6-7H2,1-5H3,(H,16,18)(H,17,20). The van der Waals surface area contributed by atoms with E-state index in [1.807, 2.05) is 70.1 Å². The molecule has 0 aliphatic carbocycles. The van der Waals surface area contributed by atoms with Crippen LogP contribution in [0.3, 0.4) is 0 Å². The van der Waals surface area contributed by atoms with Crippen LogP contribution in [0.5, 0.6) is 0 Å². The zero-order valence-electron chi connectivity index (χ0n) is 29.9. The maximum absolute atomic E-state index is 12.4. The van der Waals surface area contributed by atoms with E-state index in [2.05, 4.69) is 25.9 Å². The number of nitrogens with zero attached hydrogens (tertiary/aromatic N) is 1. The third-order valence-electron chi connectivity index (χ3n) is 8.36. The van der Waals surface area contributed by atoms with Crippen LogP contribution in [-0.2, 0) is 30.4 Å². The molecule has 11 nitrogen and oxygen atoms in total. The van der Waals surface area contributed by atoms with Crippen LogP contribution in [0.1, 0.15) is 100 Å². The smallest absolute Gasteiger partial charge is 0.307 e. The monoisotopic (exact) mass is 697 g/mol. The molecule has 1 aromatic heterocycles. The Morgan fingerprint density at radius 1 is 0.915 bits per heavy atom. The third kappa shape index (κ3) is 16.4. The van der Waals surface area contributed by atoms with Crippen molar-refractivity contribution in [1.29, 1.82) is 0 Å². The van der Waals surface area contributed by atoms with E-state index in [9.17, 15) is 29.1 Å². The number of carbonyl (C=O) groups is 5. The summed E-state index contributed by atoms with van der Waals surface area (Å²) >= 11 is 0. The molecule has 13 heteroatoms. The van der Waals surface area contributed by atoms with Gasteiger partial charge in [-0.25, -0.2) is 4.98 Å². The lowest BCUT2D eigenvalue weighted by Gasteiger charge is -2.33. The van der Waals surface area contributed by atoms with E-state index in [0.29, 0.717) is 32.5 Å². The van der Waals surface area contributed by atoms with Gasteiger partial charge >= 0.3 is 5.97 Å². The highest BCUT2D eigenvalue weighted by Gasteiger charge is 2.39. The number of hydrogen-bond donors (Lipinski definition) is 5. The Kier molecular flexibility index (Phi) is 18.7. The lowest BCUT2D eigenvalue weighted by molar-refractivity contribution is -0.149. The van der Waals surface area contributed by atoms with Crippen LogP contribution in [0.25, 0.3) is 0 Å². The van der Waals surface area contributed by atoms with Gasteiger partial charge in [-0.2, -0.15) is 0 Å². The molecule has 268 valence electrons. The maximum atomic E-state index is 12.4. The number of imidazole rings is 1. The molecule has 5 atom stereocenters. The summed E-state index contributed by atoms with van der Waals surface area (Å²) in [7, 11) is 3.91. The lowest BCUT2D eigenvalue weighted by Crippen LogP contribution is -2.45. The van der Waals surface area contributed by atoms with Crippen LogP contribution in [0.4, 0.5) is 0 Å². The highest BCUT2D eigenvalue weighted by atomic mass is 33.1. The number of unbranched alkanes of at least 4 members (excludes halogenated alkanes) is 1. The number of nitrogens with one attached hydrogen (secondary N) is 4. The fourth-order valence-electron chi connectivity index (χ4n) is 5.78. The number of carboxylic acids is 1. The molecule has 0 bridgehead atoms. The van der Waals surface area contributed by atoms with Crippen molar-refractivity contribution in [3.05, 3.63) is 18.2 Å². The number of carbonyl (C=O) groups excluding carboxylic acids is 4. The number of ketones is 1. The predicted octanol–water partition coefficient (Wildman–Crippen LogP) is 5.27. The van der Waals surface area contributed by atoms with Crippen molar-refractivity contribution in [2.75, 3.05) is 25.4 Å². The molecule has 0 saturated carbocycles. The summed E-state index contributed by atoms with van der Waals surface area (Å²) < 4.78 is 0. The molecule has 1 aromatic rings.